The lowest BCUT2D eigenvalue weighted by molar-refractivity contribution is -0.162. The first kappa shape index (κ1) is 13.7. The normalized spacial score (nSPS) is 29.1. The highest BCUT2D eigenvalue weighted by Gasteiger charge is 2.54. The van der Waals surface area contributed by atoms with Gasteiger partial charge in [0, 0.05) is 7.11 Å². The molecule has 1 fully saturated rings. The summed E-state index contributed by atoms with van der Waals surface area (Å²) < 4.78 is 9.65. The third-order valence-electron chi connectivity index (χ3n) is 2.77. The summed E-state index contributed by atoms with van der Waals surface area (Å²) in [6, 6.07) is 0. The average Bonchev–Trinajstić information content (AvgIpc) is 2.35. The number of carboxylic acid groups (broad SMARTS) is 1. The fraction of sp³-hybridized carbons (Fsp3) is 0.500. The molecule has 3 N–H and O–H groups in total. The van der Waals surface area contributed by atoms with Gasteiger partial charge in [-0.1, -0.05) is 0 Å². The Kier molecular flexibility index (Phi) is 3.67. The Morgan fingerprint density at radius 2 is 2.26 bits per heavy atom. The molecule has 8 nitrogen and oxygen atoms in total. The average molecular weight is 288 g/mol. The maximum absolute atomic E-state index is 11.7. The molecule has 2 aliphatic rings. The Morgan fingerprint density at radius 3 is 2.79 bits per heavy atom. The van der Waals surface area contributed by atoms with E-state index in [4.69, 9.17) is 15.6 Å². The monoisotopic (exact) mass is 288 g/mol. The Morgan fingerprint density at radius 1 is 1.58 bits per heavy atom. The Bertz CT molecular complexity index is 465. The molecule has 0 spiro atoms. The lowest BCUT2D eigenvalue weighted by Crippen LogP contribution is -2.65. The molecule has 2 amide bonds. The molecule has 9 heteroatoms. The summed E-state index contributed by atoms with van der Waals surface area (Å²) in [6.45, 7) is -0.0499. The van der Waals surface area contributed by atoms with Crippen LogP contribution in [0.2, 0.25) is 0 Å². The van der Waals surface area contributed by atoms with Crippen molar-refractivity contribution in [3.8, 4) is 0 Å². The zero-order valence-corrected chi connectivity index (χ0v) is 10.8. The van der Waals surface area contributed by atoms with E-state index in [2.05, 4.69) is 4.74 Å². The van der Waals surface area contributed by atoms with Gasteiger partial charge in [0.1, 0.15) is 17.7 Å². The molecule has 104 valence electrons. The number of fused-ring (bicyclic) bond motifs is 1. The Balaban J connectivity index is 2.17. The number of primary amides is 1. The van der Waals surface area contributed by atoms with Crippen LogP contribution in [0, 0.1) is 0 Å². The highest BCUT2D eigenvalue weighted by Crippen LogP contribution is 2.41. The number of amides is 2. The molecule has 0 aromatic heterocycles. The number of nitrogens with two attached hydrogens (primary N) is 1. The second-order valence-electron chi connectivity index (χ2n) is 3.92. The fourth-order valence-electron chi connectivity index (χ4n) is 1.94. The second-order valence-corrected chi connectivity index (χ2v) is 5.28. The summed E-state index contributed by atoms with van der Waals surface area (Å²) in [6.07, 6.45) is -0.235. The van der Waals surface area contributed by atoms with Crippen LogP contribution in [-0.4, -0.2) is 58.4 Å². The van der Waals surface area contributed by atoms with Crippen molar-refractivity contribution in [2.45, 2.75) is 16.7 Å². The van der Waals surface area contributed by atoms with E-state index < -0.39 is 23.5 Å². The maximum atomic E-state index is 11.7. The number of β-lactam (4-membered cyclic amide) rings is 1. The molecule has 2 heterocycles. The van der Waals surface area contributed by atoms with Crippen molar-refractivity contribution >= 4 is 29.7 Å². The number of thioether (sulfide) groups is 1. The van der Waals surface area contributed by atoms with Crippen molar-refractivity contribution < 1.29 is 29.0 Å². The molecule has 0 saturated carbocycles. The van der Waals surface area contributed by atoms with Gasteiger partial charge in [-0.25, -0.2) is 9.59 Å². The van der Waals surface area contributed by atoms with Crippen molar-refractivity contribution in [1.82, 2.24) is 4.90 Å². The highest BCUT2D eigenvalue weighted by atomic mass is 32.2. The number of hydrogen-bond acceptors (Lipinski definition) is 6. The summed E-state index contributed by atoms with van der Waals surface area (Å²) in [5.41, 5.74) is 4.73. The first-order valence-electron chi connectivity index (χ1n) is 5.34. The number of rotatable bonds is 4. The molecule has 2 aliphatic heterocycles. The minimum absolute atomic E-state index is 0.0499. The number of hydrogen-bond donors (Lipinski definition) is 2. The lowest BCUT2D eigenvalue weighted by atomic mass is 10.1. The van der Waals surface area contributed by atoms with Crippen LogP contribution in [0.1, 0.15) is 0 Å². The van der Waals surface area contributed by atoms with Crippen LogP contribution in [0.5, 0.6) is 0 Å². The van der Waals surface area contributed by atoms with Crippen LogP contribution in [0.3, 0.4) is 0 Å². The molecule has 0 radical (unpaired) electrons. The highest BCUT2D eigenvalue weighted by molar-refractivity contribution is 8.00. The number of aliphatic carboxylic acids is 1. The predicted octanol–water partition coefficient (Wildman–Crippen LogP) is -0.651. The van der Waals surface area contributed by atoms with Gasteiger partial charge in [0.05, 0.1) is 5.25 Å². The number of carboxylic acids is 1. The molecule has 0 aromatic carbocycles. The summed E-state index contributed by atoms with van der Waals surface area (Å²) >= 11 is 1.29. The van der Waals surface area contributed by atoms with E-state index in [1.165, 1.54) is 29.8 Å². The van der Waals surface area contributed by atoms with E-state index >= 15 is 0 Å². The topological polar surface area (TPSA) is 119 Å². The molecule has 2 unspecified atom stereocenters. The summed E-state index contributed by atoms with van der Waals surface area (Å²) in [5, 5.41) is 8.28. The first-order chi connectivity index (χ1) is 8.95. The third-order valence-corrected chi connectivity index (χ3v) is 4.13. The molecule has 19 heavy (non-hydrogen) atoms. The van der Waals surface area contributed by atoms with Gasteiger partial charge >= 0.3 is 12.1 Å². The van der Waals surface area contributed by atoms with Gasteiger partial charge in [-0.15, -0.1) is 11.8 Å². The lowest BCUT2D eigenvalue weighted by Gasteiger charge is -2.48. The number of ether oxygens (including phenoxy) is 2. The number of carbonyl (C=O) groups is 3. The van der Waals surface area contributed by atoms with Crippen molar-refractivity contribution in [2.75, 3.05) is 13.7 Å². The van der Waals surface area contributed by atoms with E-state index in [9.17, 15) is 14.4 Å². The van der Waals surface area contributed by atoms with Gasteiger partial charge < -0.3 is 20.3 Å². The van der Waals surface area contributed by atoms with E-state index in [1.807, 2.05) is 0 Å². The van der Waals surface area contributed by atoms with Gasteiger partial charge in [0.25, 0.3) is 5.91 Å². The second kappa shape index (κ2) is 5.10. The fourth-order valence-corrected chi connectivity index (χ4v) is 3.37. The van der Waals surface area contributed by atoms with E-state index in [1.54, 1.807) is 0 Å². The van der Waals surface area contributed by atoms with Gasteiger partial charge in [-0.05, 0) is 6.08 Å². The summed E-state index contributed by atoms with van der Waals surface area (Å²) in [7, 11) is 1.38. The Labute approximate surface area is 112 Å². The van der Waals surface area contributed by atoms with Crippen molar-refractivity contribution in [2.24, 2.45) is 5.73 Å². The summed E-state index contributed by atoms with van der Waals surface area (Å²) in [5.74, 6) is -1.60. The largest absolute Gasteiger partial charge is 0.477 e. The molecular weight excluding hydrogens is 276 g/mol. The zero-order chi connectivity index (χ0) is 14.2. The molecule has 0 bridgehead atoms. The zero-order valence-electron chi connectivity index (χ0n) is 9.94. The van der Waals surface area contributed by atoms with Crippen molar-refractivity contribution in [1.29, 1.82) is 0 Å². The van der Waals surface area contributed by atoms with Crippen LogP contribution in [0.25, 0.3) is 0 Å². The van der Waals surface area contributed by atoms with Gasteiger partial charge in [-0.2, -0.15) is 0 Å². The van der Waals surface area contributed by atoms with Crippen LogP contribution >= 0.6 is 11.8 Å². The van der Waals surface area contributed by atoms with Gasteiger partial charge in [0.15, 0.2) is 6.10 Å². The molecule has 3 atom stereocenters. The predicted molar refractivity (Wildman–Crippen MR) is 64.1 cm³/mol. The first-order valence-corrected chi connectivity index (χ1v) is 6.28. The van der Waals surface area contributed by atoms with Crippen LogP contribution in [0.15, 0.2) is 11.8 Å². The van der Waals surface area contributed by atoms with E-state index in [0.29, 0.717) is 0 Å². The van der Waals surface area contributed by atoms with Gasteiger partial charge in [0.2, 0.25) is 0 Å². The standard InChI is InChI=1S/C10H12N2O6S/c1-17-6-7(13)12-5(9(14)15)2-4(19-8(6)12)3-18-10(11)16/h2,4,6,8H,3H2,1H3,(H2,11,16)(H,14,15)/t4?,6?,8-/m1/s1. The van der Waals surface area contributed by atoms with E-state index in [-0.39, 0.29) is 23.5 Å². The summed E-state index contributed by atoms with van der Waals surface area (Å²) in [4.78, 5) is 34.5. The maximum Gasteiger partial charge on any atom is 0.404 e. The molecule has 1 saturated heterocycles. The van der Waals surface area contributed by atoms with Crippen LogP contribution in [0.4, 0.5) is 4.79 Å². The third kappa shape index (κ3) is 2.38. The smallest absolute Gasteiger partial charge is 0.404 e. The van der Waals surface area contributed by atoms with Crippen molar-refractivity contribution in [3.05, 3.63) is 11.8 Å². The molecule has 0 aromatic rings. The number of nitrogens with zero attached hydrogens (tertiary/aromatic N) is 1. The van der Waals surface area contributed by atoms with Gasteiger partial charge in [-0.3, -0.25) is 9.69 Å². The quantitative estimate of drug-likeness (QED) is 0.659. The molecular formula is C10H12N2O6S. The minimum atomic E-state index is -1.21. The molecule has 0 aliphatic carbocycles. The SMILES string of the molecule is COC1C(=O)N2C(C(=O)O)=CC(COC(N)=O)S[C@H]12. The minimum Gasteiger partial charge on any atom is -0.477 e. The van der Waals surface area contributed by atoms with Crippen molar-refractivity contribution in [3.63, 3.8) is 0 Å². The number of carbonyl (C=O) groups excluding carboxylic acids is 2. The Hall–Kier alpha value is -1.74. The van der Waals surface area contributed by atoms with Crippen LogP contribution < -0.4 is 5.73 Å². The molecule has 2 rings (SSSR count). The number of methoxy groups -OCH3 is 1. The van der Waals surface area contributed by atoms with Crippen LogP contribution in [-0.2, 0) is 19.1 Å². The van der Waals surface area contributed by atoms with E-state index in [0.717, 1.165) is 0 Å².